The highest BCUT2D eigenvalue weighted by Gasteiger charge is 2.49. The minimum Gasteiger partial charge on any atom is -0.477 e. The molecule has 0 aromatic heterocycles. The Labute approximate surface area is 167 Å². The van der Waals surface area contributed by atoms with E-state index in [1.807, 2.05) is 51.4 Å². The molecule has 0 aromatic rings. The first-order valence-corrected chi connectivity index (χ1v) is 10.8. The van der Waals surface area contributed by atoms with Crippen LogP contribution in [0.1, 0.15) is 48.0 Å². The number of nitrogens with zero attached hydrogens (tertiary/aromatic N) is 1. The number of aliphatic hydroxyl groups is 1. The van der Waals surface area contributed by atoms with Crippen LogP contribution in [-0.2, 0) is 14.3 Å². The molecular formula is C21H38NO4P. The zero-order valence-electron chi connectivity index (χ0n) is 17.8. The van der Waals surface area contributed by atoms with E-state index in [0.717, 1.165) is 18.2 Å². The molecule has 0 spiro atoms. The predicted molar refractivity (Wildman–Crippen MR) is 117 cm³/mol. The fourth-order valence-corrected chi connectivity index (χ4v) is 3.05. The Morgan fingerprint density at radius 1 is 1.37 bits per heavy atom. The Balaban J connectivity index is 0. The van der Waals surface area contributed by atoms with Gasteiger partial charge in [-0.2, -0.15) is 0 Å². The lowest BCUT2D eigenvalue weighted by Crippen LogP contribution is -2.44. The Morgan fingerprint density at radius 2 is 1.96 bits per heavy atom. The lowest BCUT2D eigenvalue weighted by molar-refractivity contribution is -0.145. The molecule has 0 amide bonds. The van der Waals surface area contributed by atoms with E-state index in [4.69, 9.17) is 14.6 Å². The van der Waals surface area contributed by atoms with Crippen LogP contribution in [0.5, 0.6) is 0 Å². The van der Waals surface area contributed by atoms with Crippen molar-refractivity contribution in [3.05, 3.63) is 48.8 Å². The zero-order valence-corrected chi connectivity index (χ0v) is 18.8. The average molecular weight is 400 g/mol. The average Bonchev–Trinajstić information content (AvgIpc) is 2.96. The summed E-state index contributed by atoms with van der Waals surface area (Å²) < 4.78 is 12.8. The molecule has 2 aliphatic heterocycles. The van der Waals surface area contributed by atoms with E-state index in [1.54, 1.807) is 6.08 Å². The summed E-state index contributed by atoms with van der Waals surface area (Å²) in [5.74, 6) is 0.165. The van der Waals surface area contributed by atoms with Gasteiger partial charge in [0.1, 0.15) is 12.4 Å². The highest BCUT2D eigenvalue weighted by Crippen LogP contribution is 2.46. The van der Waals surface area contributed by atoms with Crippen LogP contribution in [0.4, 0.5) is 0 Å². The number of carbonyl (C=O) groups excluding carboxylic acids is 1. The van der Waals surface area contributed by atoms with Gasteiger partial charge in [-0.3, -0.25) is 0 Å². The maximum Gasteiger partial charge on any atom is 0.332 e. The van der Waals surface area contributed by atoms with Gasteiger partial charge in [-0.15, -0.1) is 6.58 Å². The normalized spacial score (nSPS) is 22.3. The van der Waals surface area contributed by atoms with Gasteiger partial charge >= 0.3 is 5.97 Å². The minimum atomic E-state index is -0.507. The Hall–Kier alpha value is -1.42. The van der Waals surface area contributed by atoms with Crippen molar-refractivity contribution in [2.24, 2.45) is 0 Å². The molecule has 2 saturated heterocycles. The van der Waals surface area contributed by atoms with Crippen LogP contribution in [0.25, 0.3) is 0 Å². The van der Waals surface area contributed by atoms with E-state index in [1.165, 1.54) is 6.08 Å². The van der Waals surface area contributed by atoms with Gasteiger partial charge in [-0.1, -0.05) is 59.4 Å². The number of ether oxygens (including phenoxy) is 2. The molecule has 2 unspecified atom stereocenters. The van der Waals surface area contributed by atoms with Crippen LogP contribution >= 0.6 is 8.73 Å². The zero-order chi connectivity index (χ0) is 21.2. The molecule has 0 aromatic carbocycles. The van der Waals surface area contributed by atoms with Crippen molar-refractivity contribution in [3.63, 3.8) is 0 Å². The summed E-state index contributed by atoms with van der Waals surface area (Å²) >= 11 is 0. The first-order chi connectivity index (χ1) is 13.1. The first kappa shape index (κ1) is 27.8. The lowest BCUT2D eigenvalue weighted by Gasteiger charge is -2.33. The van der Waals surface area contributed by atoms with Crippen LogP contribution in [0.3, 0.4) is 0 Å². The highest BCUT2D eigenvalue weighted by atomic mass is 31.1. The lowest BCUT2D eigenvalue weighted by atomic mass is 10.2. The van der Waals surface area contributed by atoms with E-state index in [2.05, 4.69) is 20.1 Å². The summed E-state index contributed by atoms with van der Waals surface area (Å²) in [7, 11) is 0.568. The van der Waals surface area contributed by atoms with E-state index >= 15 is 0 Å². The molecule has 0 radical (unpaired) electrons. The molecule has 156 valence electrons. The van der Waals surface area contributed by atoms with Crippen molar-refractivity contribution < 1.29 is 19.4 Å². The van der Waals surface area contributed by atoms with E-state index in [-0.39, 0.29) is 25.4 Å². The number of esters is 1. The standard InChI is InChI=1S/C13H18NO4P.C4H8.2C2H6/c1-3-9(4-2)7-17-13(16)12-10(5-6-15)18-11-8-19-14(11)12;1-3-4-2;2*1-2/h3-5,11-12,15,19H,1,6-8H2,2H3;3H,1,4H2,2H3;2*1-2H3/b9-4+,10-5+;;;/t11-,12?;;;/m1.../s1. The molecule has 5 nitrogen and oxygen atoms in total. The van der Waals surface area contributed by atoms with Gasteiger partial charge in [0, 0.05) is 6.16 Å². The molecule has 3 atom stereocenters. The fraction of sp³-hybridized carbons (Fsp3) is 0.571. The van der Waals surface area contributed by atoms with Crippen molar-refractivity contribution in [2.75, 3.05) is 19.4 Å². The van der Waals surface area contributed by atoms with Gasteiger partial charge in [0.25, 0.3) is 0 Å². The second-order valence-corrected chi connectivity index (χ2v) is 6.15. The largest absolute Gasteiger partial charge is 0.477 e. The summed E-state index contributed by atoms with van der Waals surface area (Å²) in [4.78, 5) is 12.1. The van der Waals surface area contributed by atoms with Gasteiger partial charge in [-0.25, -0.2) is 9.46 Å². The summed E-state index contributed by atoms with van der Waals surface area (Å²) in [5, 5.41) is 8.97. The van der Waals surface area contributed by atoms with Gasteiger partial charge in [0.2, 0.25) is 0 Å². The van der Waals surface area contributed by atoms with Gasteiger partial charge in [0.15, 0.2) is 12.3 Å². The maximum absolute atomic E-state index is 12.1. The predicted octanol–water partition coefficient (Wildman–Crippen LogP) is 4.81. The Morgan fingerprint density at radius 3 is 2.33 bits per heavy atom. The van der Waals surface area contributed by atoms with Crippen molar-refractivity contribution >= 4 is 14.7 Å². The fourth-order valence-electron chi connectivity index (χ4n) is 1.96. The third kappa shape index (κ3) is 9.37. The van der Waals surface area contributed by atoms with Crippen LogP contribution < -0.4 is 0 Å². The second-order valence-electron chi connectivity index (χ2n) is 4.91. The molecular weight excluding hydrogens is 361 g/mol. The van der Waals surface area contributed by atoms with Crippen molar-refractivity contribution in [3.8, 4) is 0 Å². The first-order valence-electron chi connectivity index (χ1n) is 9.67. The Bertz CT molecular complexity index is 489. The summed E-state index contributed by atoms with van der Waals surface area (Å²) in [5.41, 5.74) is 0.863. The second kappa shape index (κ2) is 18.0. The molecule has 2 heterocycles. The topological polar surface area (TPSA) is 59.0 Å². The number of aliphatic hydroxyl groups excluding tert-OH is 1. The van der Waals surface area contributed by atoms with Crippen LogP contribution in [0.2, 0.25) is 0 Å². The number of allylic oxidation sites excluding steroid dienone is 2. The number of carbonyl (C=O) groups is 1. The molecule has 0 saturated carbocycles. The quantitative estimate of drug-likeness (QED) is 0.301. The van der Waals surface area contributed by atoms with Gasteiger partial charge in [0.05, 0.1) is 6.61 Å². The maximum atomic E-state index is 12.1. The van der Waals surface area contributed by atoms with Crippen molar-refractivity contribution in [1.82, 2.24) is 4.67 Å². The monoisotopic (exact) mass is 399 g/mol. The Kier molecular flexibility index (Phi) is 18.5. The summed E-state index contributed by atoms with van der Waals surface area (Å²) in [6.07, 6.45) is 8.90. The van der Waals surface area contributed by atoms with E-state index in [0.29, 0.717) is 14.5 Å². The highest BCUT2D eigenvalue weighted by molar-refractivity contribution is 7.37. The molecule has 27 heavy (non-hydrogen) atoms. The third-order valence-corrected chi connectivity index (χ3v) is 4.84. The summed E-state index contributed by atoms with van der Waals surface area (Å²) in [6.45, 7) is 19.1. The summed E-state index contributed by atoms with van der Waals surface area (Å²) in [6, 6.07) is -0.507. The van der Waals surface area contributed by atoms with Gasteiger partial charge in [-0.05, 0) is 33.7 Å². The molecule has 2 fully saturated rings. The molecule has 0 bridgehead atoms. The molecule has 2 aliphatic rings. The number of rotatable bonds is 6. The number of hydrogen-bond acceptors (Lipinski definition) is 5. The molecule has 2 rings (SSSR count). The molecule has 1 N–H and O–H groups in total. The van der Waals surface area contributed by atoms with Crippen molar-refractivity contribution in [2.45, 2.75) is 60.2 Å². The smallest absolute Gasteiger partial charge is 0.332 e. The van der Waals surface area contributed by atoms with Crippen LogP contribution in [0, 0.1) is 0 Å². The van der Waals surface area contributed by atoms with Crippen molar-refractivity contribution in [1.29, 1.82) is 0 Å². The van der Waals surface area contributed by atoms with Gasteiger partial charge < -0.3 is 14.6 Å². The third-order valence-electron chi connectivity index (χ3n) is 3.40. The number of fused-ring (bicyclic) bond motifs is 1. The van der Waals surface area contributed by atoms with Crippen LogP contribution in [-0.4, -0.2) is 47.4 Å². The van der Waals surface area contributed by atoms with E-state index in [9.17, 15) is 4.79 Å². The SMILES string of the molecule is C=C/C(=C\C)COC(=O)C1/C(=C\CO)O[C@@H]2CPN12.C=CCC.CC.CC. The van der Waals surface area contributed by atoms with Crippen LogP contribution in [0.15, 0.2) is 48.8 Å². The van der Waals surface area contributed by atoms with E-state index < -0.39 is 6.04 Å². The number of hydrogen-bond donors (Lipinski definition) is 1. The molecule has 6 heteroatoms. The minimum absolute atomic E-state index is 0.0331. The molecule has 0 aliphatic carbocycles.